The fourth-order valence-electron chi connectivity index (χ4n) is 2.05. The molecule has 0 aromatic rings. The predicted octanol–water partition coefficient (Wildman–Crippen LogP) is -2.27. The highest BCUT2D eigenvalue weighted by molar-refractivity contribution is 8.13. The van der Waals surface area contributed by atoms with Gasteiger partial charge in [-0.3, -0.25) is 24.0 Å². The van der Waals surface area contributed by atoms with E-state index < -0.39 is 29.9 Å². The molecule has 0 aliphatic heterocycles. The van der Waals surface area contributed by atoms with Crippen molar-refractivity contribution in [1.82, 2.24) is 5.32 Å². The van der Waals surface area contributed by atoms with Gasteiger partial charge in [0, 0.05) is 25.0 Å². The number of hydrogen-bond donors (Lipinski definition) is 2. The Balaban J connectivity index is 0. The SMILES string of the molecule is CCOC(=O)CCC(=O)[C@H](CSC(=O)CC)NC(=O)CC[C@H](N)C(=O)OCC.[Br-]. The van der Waals surface area contributed by atoms with Crippen LogP contribution in [-0.2, 0) is 33.4 Å². The first-order chi connectivity index (χ1) is 13.2. The molecule has 0 aromatic carbocycles. The molecule has 2 atom stereocenters. The summed E-state index contributed by atoms with van der Waals surface area (Å²) < 4.78 is 9.55. The summed E-state index contributed by atoms with van der Waals surface area (Å²) in [6, 6.07) is -1.85. The highest BCUT2D eigenvalue weighted by atomic mass is 79.9. The van der Waals surface area contributed by atoms with E-state index in [0.29, 0.717) is 6.42 Å². The third kappa shape index (κ3) is 14.2. The standard InChI is InChI=1S/C18H30N2O7S.BrH/c1-4-17(24)28-11-13(14(21)8-10-16(23)26-5-2)20-15(22)9-7-12(19)18(25)27-6-3;/h12-13H,4-11,19H2,1-3H3,(H,20,22);1H/p-1/t12-,13-;/m0./s1. The van der Waals surface area contributed by atoms with E-state index in [2.05, 4.69) is 5.32 Å². The van der Waals surface area contributed by atoms with Crippen LogP contribution in [0, 0.1) is 0 Å². The molecule has 29 heavy (non-hydrogen) atoms. The number of nitrogens with one attached hydrogen (secondary N) is 1. The Hall–Kier alpha value is -1.46. The monoisotopic (exact) mass is 497 g/mol. The smallest absolute Gasteiger partial charge is 0.322 e. The molecule has 0 heterocycles. The van der Waals surface area contributed by atoms with Crippen molar-refractivity contribution in [3.8, 4) is 0 Å². The van der Waals surface area contributed by atoms with Gasteiger partial charge in [0.15, 0.2) is 10.9 Å². The van der Waals surface area contributed by atoms with Gasteiger partial charge >= 0.3 is 11.9 Å². The zero-order valence-corrected chi connectivity index (χ0v) is 19.4. The van der Waals surface area contributed by atoms with Crippen LogP contribution in [0.25, 0.3) is 0 Å². The lowest BCUT2D eigenvalue weighted by molar-refractivity contribution is -0.145. The third-order valence-corrected chi connectivity index (χ3v) is 4.69. The lowest BCUT2D eigenvalue weighted by Crippen LogP contribution is -3.00. The topological polar surface area (TPSA) is 142 Å². The summed E-state index contributed by atoms with van der Waals surface area (Å²) in [5, 5.41) is 2.45. The van der Waals surface area contributed by atoms with Crippen molar-refractivity contribution in [3.63, 3.8) is 0 Å². The van der Waals surface area contributed by atoms with Crippen molar-refractivity contribution in [2.75, 3.05) is 19.0 Å². The summed E-state index contributed by atoms with van der Waals surface area (Å²) in [5.41, 5.74) is 5.65. The highest BCUT2D eigenvalue weighted by Crippen LogP contribution is 2.11. The number of ketones is 1. The van der Waals surface area contributed by atoms with Gasteiger partial charge in [0.05, 0.1) is 25.7 Å². The van der Waals surface area contributed by atoms with Crippen LogP contribution in [0.4, 0.5) is 0 Å². The Morgan fingerprint density at radius 3 is 2.14 bits per heavy atom. The average Bonchev–Trinajstić information content (AvgIpc) is 2.67. The zero-order chi connectivity index (χ0) is 21.5. The molecule has 0 aromatic heterocycles. The van der Waals surface area contributed by atoms with Crippen LogP contribution in [0.3, 0.4) is 0 Å². The summed E-state index contributed by atoms with van der Waals surface area (Å²) in [4.78, 5) is 58.9. The number of esters is 2. The Bertz CT molecular complexity index is 560. The van der Waals surface area contributed by atoms with Crippen molar-refractivity contribution in [1.29, 1.82) is 0 Å². The Morgan fingerprint density at radius 2 is 1.59 bits per heavy atom. The molecule has 0 bridgehead atoms. The molecule has 11 heteroatoms. The Kier molecular flexibility index (Phi) is 17.8. The summed E-state index contributed by atoms with van der Waals surface area (Å²) in [6.07, 6.45) is 0.0897. The van der Waals surface area contributed by atoms with Crippen molar-refractivity contribution in [2.45, 2.75) is 65.0 Å². The maximum Gasteiger partial charge on any atom is 0.322 e. The van der Waals surface area contributed by atoms with Crippen LogP contribution in [-0.4, -0.2) is 59.8 Å². The van der Waals surface area contributed by atoms with E-state index >= 15 is 0 Å². The predicted molar refractivity (Wildman–Crippen MR) is 104 cm³/mol. The van der Waals surface area contributed by atoms with Crippen LogP contribution >= 0.6 is 11.8 Å². The molecular formula is C18H30BrN2O7S-. The number of carbonyl (C=O) groups is 5. The minimum absolute atomic E-state index is 0. The van der Waals surface area contributed by atoms with Gasteiger partial charge in [-0.05, 0) is 20.3 Å². The number of hydrogen-bond acceptors (Lipinski definition) is 9. The normalized spacial score (nSPS) is 12.1. The van der Waals surface area contributed by atoms with Gasteiger partial charge in [-0.25, -0.2) is 0 Å². The number of halogens is 1. The van der Waals surface area contributed by atoms with E-state index in [9.17, 15) is 24.0 Å². The lowest BCUT2D eigenvalue weighted by Gasteiger charge is -2.17. The number of thioether (sulfide) groups is 1. The Labute approximate surface area is 186 Å². The molecule has 9 nitrogen and oxygen atoms in total. The maximum atomic E-state index is 12.4. The van der Waals surface area contributed by atoms with Crippen LogP contribution in [0.1, 0.15) is 52.9 Å². The number of Topliss-reactive ketones (excluding diaryl/α,β-unsaturated/α-hetero) is 1. The van der Waals surface area contributed by atoms with E-state index in [1.807, 2.05) is 0 Å². The third-order valence-electron chi connectivity index (χ3n) is 3.58. The first-order valence-corrected chi connectivity index (χ1v) is 10.3. The molecule has 0 spiro atoms. The molecule has 0 fully saturated rings. The second-order valence-corrected chi connectivity index (χ2v) is 6.90. The van der Waals surface area contributed by atoms with Crippen molar-refractivity contribution >= 4 is 40.5 Å². The lowest BCUT2D eigenvalue weighted by atomic mass is 10.1. The minimum Gasteiger partial charge on any atom is -1.00 e. The minimum atomic E-state index is -0.931. The number of amides is 1. The molecule has 0 unspecified atom stereocenters. The largest absolute Gasteiger partial charge is 1.00 e. The summed E-state index contributed by atoms with van der Waals surface area (Å²) >= 11 is 0.946. The number of ether oxygens (including phenoxy) is 2. The Morgan fingerprint density at radius 1 is 0.966 bits per heavy atom. The van der Waals surface area contributed by atoms with Crippen LogP contribution in [0.15, 0.2) is 0 Å². The van der Waals surface area contributed by atoms with E-state index in [0.717, 1.165) is 11.8 Å². The number of carbonyl (C=O) groups excluding carboxylic acids is 5. The first-order valence-electron chi connectivity index (χ1n) is 9.30. The maximum absolute atomic E-state index is 12.4. The van der Waals surface area contributed by atoms with Crippen LogP contribution < -0.4 is 28.0 Å². The van der Waals surface area contributed by atoms with E-state index in [1.165, 1.54) is 0 Å². The molecule has 0 aliphatic rings. The van der Waals surface area contributed by atoms with Crippen molar-refractivity contribution in [2.24, 2.45) is 5.73 Å². The molecule has 0 saturated heterocycles. The second-order valence-electron chi connectivity index (χ2n) is 5.83. The molecule has 0 radical (unpaired) electrons. The fraction of sp³-hybridized carbons (Fsp3) is 0.722. The summed E-state index contributed by atoms with van der Waals surface area (Å²) in [6.45, 7) is 5.42. The second kappa shape index (κ2) is 17.4. The van der Waals surface area contributed by atoms with Gasteiger partial charge in [-0.1, -0.05) is 18.7 Å². The highest BCUT2D eigenvalue weighted by Gasteiger charge is 2.24. The van der Waals surface area contributed by atoms with Gasteiger partial charge in [0.25, 0.3) is 0 Å². The van der Waals surface area contributed by atoms with Crippen LogP contribution in [0.2, 0.25) is 0 Å². The van der Waals surface area contributed by atoms with Gasteiger partial charge < -0.3 is 37.5 Å². The van der Waals surface area contributed by atoms with Crippen LogP contribution in [0.5, 0.6) is 0 Å². The van der Waals surface area contributed by atoms with Gasteiger partial charge in [-0.2, -0.15) is 0 Å². The molecule has 0 aliphatic carbocycles. The molecular weight excluding hydrogens is 468 g/mol. The molecule has 3 N–H and O–H groups in total. The number of rotatable bonds is 14. The van der Waals surface area contributed by atoms with Gasteiger partial charge in [-0.15, -0.1) is 0 Å². The summed E-state index contributed by atoms with van der Waals surface area (Å²) in [7, 11) is 0. The zero-order valence-electron chi connectivity index (χ0n) is 17.0. The van der Waals surface area contributed by atoms with E-state index in [1.54, 1.807) is 20.8 Å². The van der Waals surface area contributed by atoms with Crippen molar-refractivity contribution < 1.29 is 50.4 Å². The fourth-order valence-corrected chi connectivity index (χ4v) is 2.87. The molecule has 168 valence electrons. The van der Waals surface area contributed by atoms with Gasteiger partial charge in [0.2, 0.25) is 5.91 Å². The van der Waals surface area contributed by atoms with Crippen molar-refractivity contribution in [3.05, 3.63) is 0 Å². The van der Waals surface area contributed by atoms with Gasteiger partial charge in [0.1, 0.15) is 6.04 Å². The van der Waals surface area contributed by atoms with E-state index in [4.69, 9.17) is 15.2 Å². The summed E-state index contributed by atoms with van der Waals surface area (Å²) in [5.74, 6) is -1.87. The quantitative estimate of drug-likeness (QED) is 0.254. The van der Waals surface area contributed by atoms with E-state index in [-0.39, 0.29) is 72.5 Å². The number of nitrogens with two attached hydrogens (primary N) is 1. The molecule has 0 rings (SSSR count). The molecule has 1 amide bonds. The first kappa shape index (κ1) is 29.7. The molecule has 0 saturated carbocycles. The average molecular weight is 498 g/mol.